The van der Waals surface area contributed by atoms with Crippen molar-refractivity contribution in [3.05, 3.63) is 31.8 Å². The quantitative estimate of drug-likeness (QED) is 0.769. The fourth-order valence-corrected chi connectivity index (χ4v) is 1.83. The van der Waals surface area contributed by atoms with E-state index in [0.29, 0.717) is 13.2 Å². The Morgan fingerprint density at radius 3 is 2.94 bits per heavy atom. The number of H-pyrrole nitrogens is 1. The first kappa shape index (κ1) is 11.3. The van der Waals surface area contributed by atoms with Gasteiger partial charge < -0.3 is 4.74 Å². The Labute approximate surface area is 94.8 Å². The van der Waals surface area contributed by atoms with E-state index in [1.165, 1.54) is 0 Å². The molecule has 7 heteroatoms. The van der Waals surface area contributed by atoms with Gasteiger partial charge in [-0.05, 0) is 6.42 Å². The average molecular weight is 249 g/mol. The first-order chi connectivity index (χ1) is 7.59. The molecule has 1 aliphatic heterocycles. The molecule has 0 aromatic carbocycles. The maximum atomic E-state index is 13.2. The van der Waals surface area contributed by atoms with E-state index in [4.69, 9.17) is 16.3 Å². The average Bonchev–Trinajstić information content (AvgIpc) is 2.74. The third-order valence-corrected chi connectivity index (χ3v) is 2.81. The van der Waals surface area contributed by atoms with Crippen molar-refractivity contribution in [2.75, 3.05) is 13.2 Å². The van der Waals surface area contributed by atoms with Crippen molar-refractivity contribution in [1.29, 1.82) is 0 Å². The number of hydrogen-bond donors (Lipinski definition) is 1. The Kier molecular flexibility index (Phi) is 3.11. The standard InChI is InChI=1S/C9H10ClFN2O3/c10-7-6(11)8(14)13(9(15)12-7)3-5-1-2-16-4-5/h5H,1-4H2,(H,12,15). The molecule has 0 radical (unpaired) electrons. The maximum Gasteiger partial charge on any atom is 0.329 e. The monoisotopic (exact) mass is 248 g/mol. The number of ether oxygens (including phenoxy) is 1. The number of nitrogens with one attached hydrogen (secondary N) is 1. The fraction of sp³-hybridized carbons (Fsp3) is 0.556. The summed E-state index contributed by atoms with van der Waals surface area (Å²) in [4.78, 5) is 24.9. The summed E-state index contributed by atoms with van der Waals surface area (Å²) in [5.74, 6) is -1.06. The Bertz CT molecular complexity index is 504. The van der Waals surface area contributed by atoms with Crippen LogP contribution in [0.2, 0.25) is 5.15 Å². The van der Waals surface area contributed by atoms with Crippen LogP contribution in [0.15, 0.2) is 9.59 Å². The minimum Gasteiger partial charge on any atom is -0.381 e. The molecule has 0 spiro atoms. The van der Waals surface area contributed by atoms with Crippen LogP contribution in [0, 0.1) is 11.7 Å². The van der Waals surface area contributed by atoms with Crippen LogP contribution in [-0.4, -0.2) is 22.8 Å². The zero-order chi connectivity index (χ0) is 11.7. The molecule has 16 heavy (non-hydrogen) atoms. The molecule has 2 rings (SSSR count). The van der Waals surface area contributed by atoms with Crippen LogP contribution in [0.1, 0.15) is 6.42 Å². The highest BCUT2D eigenvalue weighted by Crippen LogP contribution is 2.13. The molecular formula is C9H10ClFN2O3. The Balaban J connectivity index is 2.37. The molecule has 0 saturated carbocycles. The summed E-state index contributed by atoms with van der Waals surface area (Å²) in [5.41, 5.74) is -1.68. The van der Waals surface area contributed by atoms with Crippen molar-refractivity contribution >= 4 is 11.6 Å². The van der Waals surface area contributed by atoms with Gasteiger partial charge in [-0.25, -0.2) is 4.79 Å². The van der Waals surface area contributed by atoms with Gasteiger partial charge in [0.05, 0.1) is 6.61 Å². The molecule has 1 aromatic rings. The minimum atomic E-state index is -1.12. The smallest absolute Gasteiger partial charge is 0.329 e. The first-order valence-corrected chi connectivity index (χ1v) is 5.23. The lowest BCUT2D eigenvalue weighted by molar-refractivity contribution is 0.181. The fourth-order valence-electron chi connectivity index (χ4n) is 1.67. The SMILES string of the molecule is O=c1[nH]c(Cl)c(F)c(=O)n1CC1CCOC1. The molecule has 1 fully saturated rings. The number of aromatic nitrogens is 2. The lowest BCUT2D eigenvalue weighted by Crippen LogP contribution is -2.39. The third kappa shape index (κ3) is 2.03. The van der Waals surface area contributed by atoms with Gasteiger partial charge >= 0.3 is 5.69 Å². The van der Waals surface area contributed by atoms with Crippen molar-refractivity contribution in [2.45, 2.75) is 13.0 Å². The predicted octanol–water partition coefficient (Wildman–Crippen LogP) is 0.366. The van der Waals surface area contributed by atoms with Crippen LogP contribution < -0.4 is 11.2 Å². The summed E-state index contributed by atoms with van der Waals surface area (Å²) in [7, 11) is 0. The van der Waals surface area contributed by atoms with E-state index < -0.39 is 22.2 Å². The summed E-state index contributed by atoms with van der Waals surface area (Å²) >= 11 is 5.34. The van der Waals surface area contributed by atoms with Gasteiger partial charge in [-0.3, -0.25) is 14.3 Å². The molecule has 0 amide bonds. The zero-order valence-electron chi connectivity index (χ0n) is 8.33. The molecular weight excluding hydrogens is 239 g/mol. The van der Waals surface area contributed by atoms with Gasteiger partial charge in [0.15, 0.2) is 5.15 Å². The minimum absolute atomic E-state index is 0.0689. The van der Waals surface area contributed by atoms with Crippen molar-refractivity contribution < 1.29 is 9.13 Å². The third-order valence-electron chi connectivity index (χ3n) is 2.55. The molecule has 1 aromatic heterocycles. The predicted molar refractivity (Wildman–Crippen MR) is 55.2 cm³/mol. The Morgan fingerprint density at radius 1 is 1.56 bits per heavy atom. The molecule has 0 aliphatic carbocycles. The van der Waals surface area contributed by atoms with Gasteiger partial charge in [-0.1, -0.05) is 11.6 Å². The lowest BCUT2D eigenvalue weighted by Gasteiger charge is -2.09. The van der Waals surface area contributed by atoms with Crippen LogP contribution in [0.5, 0.6) is 0 Å². The molecule has 88 valence electrons. The van der Waals surface area contributed by atoms with Crippen LogP contribution >= 0.6 is 11.6 Å². The van der Waals surface area contributed by atoms with E-state index in [2.05, 4.69) is 4.98 Å². The lowest BCUT2D eigenvalue weighted by atomic mass is 10.1. The van der Waals surface area contributed by atoms with Gasteiger partial charge in [-0.15, -0.1) is 0 Å². The highest BCUT2D eigenvalue weighted by Gasteiger charge is 2.20. The summed E-state index contributed by atoms with van der Waals surface area (Å²) in [6, 6.07) is 0. The van der Waals surface area contributed by atoms with E-state index in [0.717, 1.165) is 11.0 Å². The Hall–Kier alpha value is -1.14. The molecule has 1 unspecified atom stereocenters. The van der Waals surface area contributed by atoms with Gasteiger partial charge in [0, 0.05) is 19.1 Å². The molecule has 5 nitrogen and oxygen atoms in total. The number of halogens is 2. The highest BCUT2D eigenvalue weighted by atomic mass is 35.5. The summed E-state index contributed by atoms with van der Waals surface area (Å²) in [6.07, 6.45) is 0.760. The second kappa shape index (κ2) is 4.39. The van der Waals surface area contributed by atoms with Crippen LogP contribution in [0.4, 0.5) is 4.39 Å². The largest absolute Gasteiger partial charge is 0.381 e. The number of hydrogen-bond acceptors (Lipinski definition) is 3. The van der Waals surface area contributed by atoms with E-state index in [1.54, 1.807) is 0 Å². The van der Waals surface area contributed by atoms with Gasteiger partial charge in [0.1, 0.15) is 0 Å². The van der Waals surface area contributed by atoms with Crippen molar-refractivity contribution in [1.82, 2.24) is 9.55 Å². The topological polar surface area (TPSA) is 64.1 Å². The summed E-state index contributed by atoms with van der Waals surface area (Å²) in [6.45, 7) is 1.24. The number of rotatable bonds is 2. The molecule has 1 N–H and O–H groups in total. The zero-order valence-corrected chi connectivity index (χ0v) is 9.09. The number of aromatic amines is 1. The number of nitrogens with zero attached hydrogens (tertiary/aromatic N) is 1. The van der Waals surface area contributed by atoms with Crippen molar-refractivity contribution in [2.24, 2.45) is 5.92 Å². The molecule has 1 saturated heterocycles. The second-order valence-corrected chi connectivity index (χ2v) is 4.08. The van der Waals surface area contributed by atoms with Crippen molar-refractivity contribution in [3.8, 4) is 0 Å². The van der Waals surface area contributed by atoms with Crippen LogP contribution in [0.3, 0.4) is 0 Å². The van der Waals surface area contributed by atoms with Gasteiger partial charge in [0.2, 0.25) is 5.82 Å². The Morgan fingerprint density at radius 2 is 2.31 bits per heavy atom. The van der Waals surface area contributed by atoms with Gasteiger partial charge in [-0.2, -0.15) is 4.39 Å². The second-order valence-electron chi connectivity index (χ2n) is 3.70. The van der Waals surface area contributed by atoms with Gasteiger partial charge in [0.25, 0.3) is 5.56 Å². The molecule has 1 atom stereocenters. The maximum absolute atomic E-state index is 13.2. The first-order valence-electron chi connectivity index (χ1n) is 4.85. The molecule has 1 aliphatic rings. The highest BCUT2D eigenvalue weighted by molar-refractivity contribution is 6.29. The van der Waals surface area contributed by atoms with Crippen LogP contribution in [-0.2, 0) is 11.3 Å². The summed E-state index contributed by atoms with van der Waals surface area (Å²) < 4.78 is 19.1. The van der Waals surface area contributed by atoms with Crippen molar-refractivity contribution in [3.63, 3.8) is 0 Å². The normalized spacial score (nSPS) is 20.2. The van der Waals surface area contributed by atoms with E-state index in [-0.39, 0.29) is 12.5 Å². The van der Waals surface area contributed by atoms with E-state index in [1.807, 2.05) is 0 Å². The summed E-state index contributed by atoms with van der Waals surface area (Å²) in [5, 5.41) is -0.547. The van der Waals surface area contributed by atoms with E-state index >= 15 is 0 Å². The van der Waals surface area contributed by atoms with Crippen LogP contribution in [0.25, 0.3) is 0 Å². The van der Waals surface area contributed by atoms with E-state index in [9.17, 15) is 14.0 Å². The molecule has 0 bridgehead atoms. The molecule has 2 heterocycles.